The van der Waals surface area contributed by atoms with Gasteiger partial charge in [0.2, 0.25) is 0 Å². The normalized spacial score (nSPS) is 21.5. The molecule has 2 aliphatic heterocycles. The minimum absolute atomic E-state index is 0.0337. The number of carbonyl (C=O) groups excluding carboxylic acids is 1. The van der Waals surface area contributed by atoms with Crippen LogP contribution in [0.4, 0.5) is 0 Å². The number of carbonyl (C=O) groups is 1. The molecular weight excluding hydrogens is 336 g/mol. The van der Waals surface area contributed by atoms with E-state index < -0.39 is 0 Å². The Morgan fingerprint density at radius 1 is 1.28 bits per heavy atom. The van der Waals surface area contributed by atoms with E-state index in [1.807, 2.05) is 26.0 Å². The maximum Gasteiger partial charge on any atom is 0.264 e. The molecule has 0 amide bonds. The van der Waals surface area contributed by atoms with Crippen LogP contribution in [0.2, 0.25) is 0 Å². The molecule has 1 aromatic carbocycles. The van der Waals surface area contributed by atoms with Crippen molar-refractivity contribution >= 4 is 17.7 Å². The van der Waals surface area contributed by atoms with Crippen molar-refractivity contribution in [3.05, 3.63) is 35.7 Å². The van der Waals surface area contributed by atoms with Crippen LogP contribution in [0.15, 0.2) is 29.4 Å². The number of hydrogen-bond acceptors (Lipinski definition) is 6. The number of hydrogen-bond donors (Lipinski definition) is 0. The summed E-state index contributed by atoms with van der Waals surface area (Å²) in [4.78, 5) is 19.7. The van der Waals surface area contributed by atoms with Gasteiger partial charge in [-0.2, -0.15) is 4.68 Å². The van der Waals surface area contributed by atoms with Crippen LogP contribution in [0.3, 0.4) is 0 Å². The maximum atomic E-state index is 12.9. The Morgan fingerprint density at radius 3 is 2.64 bits per heavy atom. The number of rotatable bonds is 5. The van der Waals surface area contributed by atoms with E-state index >= 15 is 0 Å². The highest BCUT2D eigenvalue weighted by molar-refractivity contribution is 8.00. The first-order chi connectivity index (χ1) is 12.2. The van der Waals surface area contributed by atoms with E-state index in [0.29, 0.717) is 17.6 Å². The van der Waals surface area contributed by atoms with Gasteiger partial charge < -0.3 is 4.74 Å². The van der Waals surface area contributed by atoms with Crippen LogP contribution in [-0.4, -0.2) is 50.5 Å². The molecule has 4 rings (SSSR count). The van der Waals surface area contributed by atoms with Gasteiger partial charge in [-0.05, 0) is 57.5 Å². The number of nitrogens with zero attached hydrogens (tertiary/aromatic N) is 4. The van der Waals surface area contributed by atoms with Gasteiger partial charge in [0.15, 0.2) is 5.16 Å². The van der Waals surface area contributed by atoms with Crippen LogP contribution in [0.5, 0.6) is 5.75 Å². The molecule has 1 saturated heterocycles. The molecule has 1 fully saturated rings. The molecule has 2 aliphatic rings. The number of benzene rings is 1. The van der Waals surface area contributed by atoms with Crippen molar-refractivity contribution in [1.29, 1.82) is 0 Å². The lowest BCUT2D eigenvalue weighted by atomic mass is 10.0. The SMILES string of the molecule is CCOc1ccc(C(C2Sc3nc(C)nn3C2=O)N2CCCC2)cc1. The van der Waals surface area contributed by atoms with E-state index in [2.05, 4.69) is 27.1 Å². The monoisotopic (exact) mass is 358 g/mol. The van der Waals surface area contributed by atoms with Crippen molar-refractivity contribution in [2.45, 2.75) is 43.1 Å². The fraction of sp³-hybridized carbons (Fsp3) is 0.500. The smallest absolute Gasteiger partial charge is 0.264 e. The molecule has 0 radical (unpaired) electrons. The minimum Gasteiger partial charge on any atom is -0.494 e. The zero-order valence-electron chi connectivity index (χ0n) is 14.5. The fourth-order valence-corrected chi connectivity index (χ4v) is 4.93. The van der Waals surface area contributed by atoms with Gasteiger partial charge in [0.05, 0.1) is 12.6 Å². The van der Waals surface area contributed by atoms with Crippen LogP contribution < -0.4 is 4.74 Å². The number of fused-ring (bicyclic) bond motifs is 1. The lowest BCUT2D eigenvalue weighted by molar-refractivity contribution is 0.0847. The summed E-state index contributed by atoms with van der Waals surface area (Å²) in [5.74, 6) is 1.54. The molecule has 25 heavy (non-hydrogen) atoms. The second kappa shape index (κ2) is 6.80. The Balaban J connectivity index is 1.65. The molecule has 7 heteroatoms. The molecule has 6 nitrogen and oxygen atoms in total. The molecule has 0 bridgehead atoms. The quantitative estimate of drug-likeness (QED) is 0.819. The van der Waals surface area contributed by atoms with E-state index in [1.54, 1.807) is 0 Å². The topological polar surface area (TPSA) is 60.3 Å². The van der Waals surface area contributed by atoms with Crippen LogP contribution in [-0.2, 0) is 0 Å². The Bertz CT molecular complexity index is 768. The van der Waals surface area contributed by atoms with Crippen LogP contribution in [0.25, 0.3) is 0 Å². The fourth-order valence-electron chi connectivity index (χ4n) is 3.62. The molecule has 0 N–H and O–H groups in total. The second-order valence-corrected chi connectivity index (χ2v) is 7.53. The molecule has 1 aromatic heterocycles. The van der Waals surface area contributed by atoms with Crippen molar-refractivity contribution in [2.75, 3.05) is 19.7 Å². The summed E-state index contributed by atoms with van der Waals surface area (Å²) < 4.78 is 7.03. The number of ether oxygens (including phenoxy) is 1. The molecular formula is C18H22N4O2S. The molecule has 3 heterocycles. The van der Waals surface area contributed by atoms with Gasteiger partial charge in [0.1, 0.15) is 16.8 Å². The lowest BCUT2D eigenvalue weighted by Gasteiger charge is -2.31. The molecule has 2 unspecified atom stereocenters. The predicted octanol–water partition coefficient (Wildman–Crippen LogP) is 2.94. The van der Waals surface area contributed by atoms with E-state index in [4.69, 9.17) is 4.74 Å². The summed E-state index contributed by atoms with van der Waals surface area (Å²) >= 11 is 1.54. The molecule has 2 aromatic rings. The summed E-state index contributed by atoms with van der Waals surface area (Å²) in [6.07, 6.45) is 2.36. The van der Waals surface area contributed by atoms with Crippen LogP contribution in [0, 0.1) is 6.92 Å². The summed E-state index contributed by atoms with van der Waals surface area (Å²) in [5, 5.41) is 4.77. The van der Waals surface area contributed by atoms with Crippen LogP contribution >= 0.6 is 11.8 Å². The average molecular weight is 358 g/mol. The number of aromatic nitrogens is 3. The van der Waals surface area contributed by atoms with Crippen molar-refractivity contribution in [1.82, 2.24) is 19.7 Å². The van der Waals surface area contributed by atoms with Gasteiger partial charge in [0, 0.05) is 0 Å². The predicted molar refractivity (Wildman–Crippen MR) is 96.2 cm³/mol. The molecule has 0 aliphatic carbocycles. The first kappa shape index (κ1) is 16.6. The van der Waals surface area contributed by atoms with E-state index in [1.165, 1.54) is 29.3 Å². The van der Waals surface area contributed by atoms with Gasteiger partial charge in [-0.25, -0.2) is 4.98 Å². The summed E-state index contributed by atoms with van der Waals surface area (Å²) in [5.41, 5.74) is 1.15. The zero-order valence-corrected chi connectivity index (χ0v) is 15.3. The number of likely N-dealkylation sites (tertiary alicyclic amines) is 1. The van der Waals surface area contributed by atoms with Gasteiger partial charge in [-0.15, -0.1) is 5.10 Å². The van der Waals surface area contributed by atoms with Crippen molar-refractivity contribution in [2.24, 2.45) is 0 Å². The lowest BCUT2D eigenvalue weighted by Crippen LogP contribution is -2.37. The first-order valence-corrected chi connectivity index (χ1v) is 9.66. The Labute approximate surface area is 151 Å². The Morgan fingerprint density at radius 2 is 2.00 bits per heavy atom. The van der Waals surface area contributed by atoms with Crippen molar-refractivity contribution in [3.63, 3.8) is 0 Å². The first-order valence-electron chi connectivity index (χ1n) is 8.78. The highest BCUT2D eigenvalue weighted by atomic mass is 32.2. The highest BCUT2D eigenvalue weighted by Gasteiger charge is 2.43. The molecule has 0 saturated carbocycles. The van der Waals surface area contributed by atoms with Gasteiger partial charge in [-0.1, -0.05) is 23.9 Å². The Hall–Kier alpha value is -1.86. The molecule has 2 atom stereocenters. The number of aryl methyl sites for hydroxylation is 1. The van der Waals surface area contributed by atoms with Crippen LogP contribution in [0.1, 0.15) is 42.0 Å². The van der Waals surface area contributed by atoms with E-state index in [0.717, 1.165) is 24.4 Å². The van der Waals surface area contributed by atoms with Crippen molar-refractivity contribution < 1.29 is 9.53 Å². The standard InChI is InChI=1S/C18H22N4O2S/c1-3-24-14-8-6-13(7-9-14)15(21-10-4-5-11-21)16-17(23)22-18(25-16)19-12(2)20-22/h6-9,15-16H,3-5,10-11H2,1-2H3. The average Bonchev–Trinajstić information content (AvgIpc) is 3.30. The third kappa shape index (κ3) is 3.06. The maximum absolute atomic E-state index is 12.9. The van der Waals surface area contributed by atoms with E-state index in [-0.39, 0.29) is 17.2 Å². The summed E-state index contributed by atoms with van der Waals surface area (Å²) in [6.45, 7) is 6.50. The zero-order chi connectivity index (χ0) is 17.4. The third-order valence-corrected chi connectivity index (χ3v) is 5.91. The molecule has 0 spiro atoms. The van der Waals surface area contributed by atoms with Gasteiger partial charge in [-0.3, -0.25) is 9.69 Å². The third-order valence-electron chi connectivity index (χ3n) is 4.72. The largest absolute Gasteiger partial charge is 0.494 e. The van der Waals surface area contributed by atoms with Gasteiger partial charge in [0.25, 0.3) is 5.91 Å². The second-order valence-electron chi connectivity index (χ2n) is 6.42. The highest BCUT2D eigenvalue weighted by Crippen LogP contribution is 2.42. The Kier molecular flexibility index (Phi) is 4.52. The minimum atomic E-state index is -0.202. The summed E-state index contributed by atoms with van der Waals surface area (Å²) in [7, 11) is 0. The van der Waals surface area contributed by atoms with E-state index in [9.17, 15) is 4.79 Å². The summed E-state index contributed by atoms with van der Waals surface area (Å²) in [6, 6.07) is 8.20. The van der Waals surface area contributed by atoms with Gasteiger partial charge >= 0.3 is 0 Å². The number of thioether (sulfide) groups is 1. The van der Waals surface area contributed by atoms with Crippen molar-refractivity contribution in [3.8, 4) is 5.75 Å². The molecule has 132 valence electrons.